The summed E-state index contributed by atoms with van der Waals surface area (Å²) in [6, 6.07) is 11.4. The highest BCUT2D eigenvalue weighted by molar-refractivity contribution is 6.04. The smallest absolute Gasteiger partial charge is 0.255 e. The number of nitrogens with one attached hydrogen (secondary N) is 1. The third-order valence-electron chi connectivity index (χ3n) is 3.27. The quantitative estimate of drug-likeness (QED) is 0.900. The van der Waals surface area contributed by atoms with Crippen molar-refractivity contribution in [2.45, 2.75) is 26.2 Å². The number of rotatable bonds is 4. The molecule has 3 nitrogen and oxygen atoms in total. The lowest BCUT2D eigenvalue weighted by atomic mass is 9.98. The zero-order valence-electron chi connectivity index (χ0n) is 11.3. The van der Waals surface area contributed by atoms with Crippen LogP contribution in [-0.2, 0) is 0 Å². The Bertz CT molecular complexity index is 552. The van der Waals surface area contributed by atoms with Crippen LogP contribution in [0.5, 0.6) is 0 Å². The molecule has 0 aliphatic rings. The van der Waals surface area contributed by atoms with Gasteiger partial charge in [0, 0.05) is 23.6 Å². The Kier molecular flexibility index (Phi) is 4.29. The van der Waals surface area contributed by atoms with Gasteiger partial charge in [0.05, 0.1) is 0 Å². The average Bonchev–Trinajstić information content (AvgIpc) is 2.47. The number of aromatic nitrogens is 1. The summed E-state index contributed by atoms with van der Waals surface area (Å²) in [6.07, 6.45) is 4.32. The summed E-state index contributed by atoms with van der Waals surface area (Å²) < 4.78 is 0. The summed E-state index contributed by atoms with van der Waals surface area (Å²) in [4.78, 5) is 15.9. The van der Waals surface area contributed by atoms with Gasteiger partial charge >= 0.3 is 0 Å². The van der Waals surface area contributed by atoms with Crippen LogP contribution in [0.15, 0.2) is 48.8 Å². The minimum Gasteiger partial charge on any atom is -0.322 e. The van der Waals surface area contributed by atoms with Gasteiger partial charge in [0.2, 0.25) is 0 Å². The Morgan fingerprint density at radius 3 is 2.68 bits per heavy atom. The molecule has 1 heterocycles. The number of carbonyl (C=O) groups is 1. The molecule has 0 radical (unpaired) electrons. The minimum atomic E-state index is -0.108. The highest BCUT2D eigenvalue weighted by Gasteiger charge is 2.07. The molecule has 1 atom stereocenters. The van der Waals surface area contributed by atoms with Crippen LogP contribution in [-0.4, -0.2) is 10.9 Å². The fraction of sp³-hybridized carbons (Fsp3) is 0.250. The summed E-state index contributed by atoms with van der Waals surface area (Å²) in [7, 11) is 0. The molecule has 98 valence electrons. The molecule has 0 spiro atoms. The Hall–Kier alpha value is -2.16. The van der Waals surface area contributed by atoms with Crippen molar-refractivity contribution >= 4 is 11.6 Å². The van der Waals surface area contributed by atoms with Crippen molar-refractivity contribution in [3.63, 3.8) is 0 Å². The van der Waals surface area contributed by atoms with E-state index >= 15 is 0 Å². The second-order valence-electron chi connectivity index (χ2n) is 4.62. The predicted molar refractivity (Wildman–Crippen MR) is 77.3 cm³/mol. The number of nitrogens with zero attached hydrogens (tertiary/aromatic N) is 1. The van der Waals surface area contributed by atoms with Crippen molar-refractivity contribution in [3.8, 4) is 0 Å². The van der Waals surface area contributed by atoms with Crippen molar-refractivity contribution in [2.24, 2.45) is 0 Å². The van der Waals surface area contributed by atoms with Gasteiger partial charge in [-0.05, 0) is 42.2 Å². The molecular weight excluding hydrogens is 236 g/mol. The Labute approximate surface area is 113 Å². The van der Waals surface area contributed by atoms with E-state index in [1.807, 2.05) is 18.2 Å². The maximum absolute atomic E-state index is 12.0. The highest BCUT2D eigenvalue weighted by Crippen LogP contribution is 2.21. The molecular formula is C16H18N2O. The van der Waals surface area contributed by atoms with Crippen molar-refractivity contribution in [1.29, 1.82) is 0 Å². The van der Waals surface area contributed by atoms with Crippen LogP contribution < -0.4 is 5.32 Å². The lowest BCUT2D eigenvalue weighted by molar-refractivity contribution is 0.102. The molecule has 2 rings (SSSR count). The molecule has 0 saturated heterocycles. The standard InChI is InChI=1S/C16H18N2O/c1-3-12(2)14-5-4-6-15(11-14)18-16(19)13-7-9-17-10-8-13/h4-12H,3H2,1-2H3,(H,18,19)/t12-/m1/s1. The zero-order valence-corrected chi connectivity index (χ0v) is 11.3. The van der Waals surface area contributed by atoms with Crippen LogP contribution in [0.4, 0.5) is 5.69 Å². The average molecular weight is 254 g/mol. The van der Waals surface area contributed by atoms with Crippen LogP contribution in [0.1, 0.15) is 42.1 Å². The van der Waals surface area contributed by atoms with Crippen molar-refractivity contribution in [1.82, 2.24) is 4.98 Å². The van der Waals surface area contributed by atoms with E-state index in [1.165, 1.54) is 5.56 Å². The highest BCUT2D eigenvalue weighted by atomic mass is 16.1. The van der Waals surface area contributed by atoms with Crippen molar-refractivity contribution in [3.05, 3.63) is 59.9 Å². The molecule has 1 aromatic carbocycles. The van der Waals surface area contributed by atoms with E-state index < -0.39 is 0 Å². The van der Waals surface area contributed by atoms with Crippen LogP contribution in [0.3, 0.4) is 0 Å². The van der Waals surface area contributed by atoms with Crippen LogP contribution in [0.2, 0.25) is 0 Å². The molecule has 1 aromatic heterocycles. The number of hydrogen-bond donors (Lipinski definition) is 1. The van der Waals surface area contributed by atoms with Gasteiger partial charge in [0.1, 0.15) is 0 Å². The first-order chi connectivity index (χ1) is 9.20. The predicted octanol–water partition coefficient (Wildman–Crippen LogP) is 3.85. The Morgan fingerprint density at radius 1 is 1.26 bits per heavy atom. The molecule has 1 amide bonds. The second kappa shape index (κ2) is 6.14. The molecule has 0 aliphatic carbocycles. The molecule has 19 heavy (non-hydrogen) atoms. The summed E-state index contributed by atoms with van der Waals surface area (Å²) in [6.45, 7) is 4.34. The van der Waals surface area contributed by atoms with Crippen LogP contribution in [0.25, 0.3) is 0 Å². The SMILES string of the molecule is CC[C@@H](C)c1cccc(NC(=O)c2ccncc2)c1. The number of pyridine rings is 1. The van der Waals surface area contributed by atoms with Gasteiger partial charge in [-0.1, -0.05) is 26.0 Å². The van der Waals surface area contributed by atoms with E-state index in [0.717, 1.165) is 12.1 Å². The molecule has 3 heteroatoms. The number of benzene rings is 1. The Morgan fingerprint density at radius 2 is 2.00 bits per heavy atom. The summed E-state index contributed by atoms with van der Waals surface area (Å²) in [5.74, 6) is 0.390. The third kappa shape index (κ3) is 3.41. The van der Waals surface area contributed by atoms with E-state index in [2.05, 4.69) is 30.2 Å². The summed E-state index contributed by atoms with van der Waals surface area (Å²) >= 11 is 0. The van der Waals surface area contributed by atoms with Gasteiger partial charge < -0.3 is 5.32 Å². The van der Waals surface area contributed by atoms with Crippen molar-refractivity contribution < 1.29 is 4.79 Å². The van der Waals surface area contributed by atoms with Gasteiger partial charge in [0.15, 0.2) is 0 Å². The minimum absolute atomic E-state index is 0.108. The summed E-state index contributed by atoms with van der Waals surface area (Å²) in [5.41, 5.74) is 2.69. The molecule has 0 saturated carbocycles. The number of anilines is 1. The number of amides is 1. The van der Waals surface area contributed by atoms with Gasteiger partial charge in [-0.15, -0.1) is 0 Å². The molecule has 0 aliphatic heterocycles. The van der Waals surface area contributed by atoms with Gasteiger partial charge in [-0.25, -0.2) is 0 Å². The van der Waals surface area contributed by atoms with E-state index in [9.17, 15) is 4.79 Å². The van der Waals surface area contributed by atoms with E-state index in [-0.39, 0.29) is 5.91 Å². The largest absolute Gasteiger partial charge is 0.322 e. The van der Waals surface area contributed by atoms with Crippen LogP contribution >= 0.6 is 0 Å². The second-order valence-corrected chi connectivity index (χ2v) is 4.62. The normalized spacial score (nSPS) is 11.9. The van der Waals surface area contributed by atoms with Gasteiger partial charge in [-0.3, -0.25) is 9.78 Å². The van der Waals surface area contributed by atoms with Gasteiger partial charge in [-0.2, -0.15) is 0 Å². The fourth-order valence-corrected chi connectivity index (χ4v) is 1.87. The fourth-order valence-electron chi connectivity index (χ4n) is 1.87. The molecule has 2 aromatic rings. The Balaban J connectivity index is 2.13. The summed E-state index contributed by atoms with van der Waals surface area (Å²) in [5, 5.41) is 2.91. The maximum atomic E-state index is 12.0. The lowest BCUT2D eigenvalue weighted by Gasteiger charge is -2.11. The topological polar surface area (TPSA) is 42.0 Å². The van der Waals surface area contributed by atoms with E-state index in [0.29, 0.717) is 11.5 Å². The third-order valence-corrected chi connectivity index (χ3v) is 3.27. The zero-order chi connectivity index (χ0) is 13.7. The first kappa shape index (κ1) is 13.3. The molecule has 0 bridgehead atoms. The number of carbonyl (C=O) groups excluding carboxylic acids is 1. The lowest BCUT2D eigenvalue weighted by Crippen LogP contribution is -2.12. The first-order valence-electron chi connectivity index (χ1n) is 6.52. The first-order valence-corrected chi connectivity index (χ1v) is 6.52. The number of hydrogen-bond acceptors (Lipinski definition) is 2. The molecule has 0 unspecified atom stereocenters. The molecule has 1 N–H and O–H groups in total. The van der Waals surface area contributed by atoms with E-state index in [1.54, 1.807) is 24.5 Å². The molecule has 0 fully saturated rings. The van der Waals surface area contributed by atoms with Gasteiger partial charge in [0.25, 0.3) is 5.91 Å². The maximum Gasteiger partial charge on any atom is 0.255 e. The monoisotopic (exact) mass is 254 g/mol. The van der Waals surface area contributed by atoms with E-state index in [4.69, 9.17) is 0 Å². The van der Waals surface area contributed by atoms with Crippen molar-refractivity contribution in [2.75, 3.05) is 5.32 Å². The van der Waals surface area contributed by atoms with Crippen LogP contribution in [0, 0.1) is 0 Å².